The van der Waals surface area contributed by atoms with Gasteiger partial charge in [0, 0.05) is 0 Å². The van der Waals surface area contributed by atoms with Crippen LogP contribution in [0.15, 0.2) is 12.7 Å². The van der Waals surface area contributed by atoms with Crippen molar-refractivity contribution in [3.63, 3.8) is 0 Å². The standard InChI is InChI=1S/C7H12O3S/c1-2-4-10-7-3-5-11(8,9)6-7/h2,7H,1,3-6H2. The van der Waals surface area contributed by atoms with Crippen LogP contribution >= 0.6 is 0 Å². The summed E-state index contributed by atoms with van der Waals surface area (Å²) in [6.45, 7) is 3.93. The molecule has 1 unspecified atom stereocenters. The molecule has 1 heterocycles. The predicted molar refractivity (Wildman–Crippen MR) is 43.2 cm³/mol. The lowest BCUT2D eigenvalue weighted by Gasteiger charge is -2.05. The van der Waals surface area contributed by atoms with E-state index in [-0.39, 0.29) is 17.6 Å². The molecule has 0 aromatic rings. The number of sulfone groups is 1. The van der Waals surface area contributed by atoms with Crippen LogP contribution in [0.5, 0.6) is 0 Å². The summed E-state index contributed by atoms with van der Waals surface area (Å²) in [7, 11) is -2.79. The minimum atomic E-state index is -2.79. The molecule has 0 bridgehead atoms. The largest absolute Gasteiger partial charge is 0.373 e. The Labute approximate surface area is 67.0 Å². The van der Waals surface area contributed by atoms with Gasteiger partial charge in [-0.15, -0.1) is 6.58 Å². The Morgan fingerprint density at radius 3 is 2.82 bits per heavy atom. The van der Waals surface area contributed by atoms with Crippen molar-refractivity contribution in [2.45, 2.75) is 12.5 Å². The molecule has 0 aliphatic carbocycles. The van der Waals surface area contributed by atoms with Gasteiger partial charge >= 0.3 is 0 Å². The van der Waals surface area contributed by atoms with E-state index in [1.165, 1.54) is 0 Å². The van der Waals surface area contributed by atoms with Gasteiger partial charge in [0.15, 0.2) is 9.84 Å². The maximum absolute atomic E-state index is 10.9. The fourth-order valence-corrected chi connectivity index (χ4v) is 2.71. The van der Waals surface area contributed by atoms with E-state index in [4.69, 9.17) is 4.74 Å². The summed E-state index contributed by atoms with van der Waals surface area (Å²) in [5.74, 6) is 0.454. The first kappa shape index (κ1) is 8.74. The molecule has 0 radical (unpaired) electrons. The van der Waals surface area contributed by atoms with Crippen LogP contribution in [0.1, 0.15) is 6.42 Å². The fraction of sp³-hybridized carbons (Fsp3) is 0.714. The second-order valence-corrected chi connectivity index (χ2v) is 4.88. The van der Waals surface area contributed by atoms with Crippen molar-refractivity contribution in [1.82, 2.24) is 0 Å². The second kappa shape index (κ2) is 3.36. The van der Waals surface area contributed by atoms with Crippen molar-refractivity contribution >= 4 is 9.84 Å². The molecule has 64 valence electrons. The third-order valence-electron chi connectivity index (χ3n) is 1.64. The van der Waals surface area contributed by atoms with E-state index in [0.29, 0.717) is 13.0 Å². The number of hydrogen-bond acceptors (Lipinski definition) is 3. The molecule has 4 heteroatoms. The molecule has 3 nitrogen and oxygen atoms in total. The van der Waals surface area contributed by atoms with Crippen molar-refractivity contribution in [1.29, 1.82) is 0 Å². The van der Waals surface area contributed by atoms with Crippen molar-refractivity contribution in [2.75, 3.05) is 18.1 Å². The second-order valence-electron chi connectivity index (χ2n) is 2.65. The lowest BCUT2D eigenvalue weighted by molar-refractivity contribution is 0.0939. The molecular weight excluding hydrogens is 164 g/mol. The van der Waals surface area contributed by atoms with Gasteiger partial charge in [0.2, 0.25) is 0 Å². The molecule has 11 heavy (non-hydrogen) atoms. The van der Waals surface area contributed by atoms with Crippen molar-refractivity contribution in [3.05, 3.63) is 12.7 Å². The highest BCUT2D eigenvalue weighted by Crippen LogP contribution is 2.14. The van der Waals surface area contributed by atoms with Gasteiger partial charge in [0.05, 0.1) is 24.2 Å². The van der Waals surface area contributed by atoms with E-state index < -0.39 is 9.84 Å². The monoisotopic (exact) mass is 176 g/mol. The van der Waals surface area contributed by atoms with E-state index in [0.717, 1.165) is 0 Å². The first-order chi connectivity index (χ1) is 5.14. The summed E-state index contributed by atoms with van der Waals surface area (Å²) in [5, 5.41) is 0. The van der Waals surface area contributed by atoms with Gasteiger partial charge in [-0.25, -0.2) is 8.42 Å². The first-order valence-electron chi connectivity index (χ1n) is 3.57. The zero-order valence-electron chi connectivity index (χ0n) is 6.32. The van der Waals surface area contributed by atoms with E-state index in [1.54, 1.807) is 6.08 Å². The molecule has 1 saturated heterocycles. The Bertz CT molecular complexity index is 230. The van der Waals surface area contributed by atoms with Crippen LogP contribution in [0.4, 0.5) is 0 Å². The van der Waals surface area contributed by atoms with Crippen LogP contribution in [0.3, 0.4) is 0 Å². The average molecular weight is 176 g/mol. The quantitative estimate of drug-likeness (QED) is 0.584. The van der Waals surface area contributed by atoms with Gasteiger partial charge < -0.3 is 4.74 Å². The van der Waals surface area contributed by atoms with Gasteiger partial charge in [-0.2, -0.15) is 0 Å². The van der Waals surface area contributed by atoms with Crippen LogP contribution < -0.4 is 0 Å². The van der Waals surface area contributed by atoms with E-state index in [2.05, 4.69) is 6.58 Å². The Morgan fingerprint density at radius 2 is 2.36 bits per heavy atom. The van der Waals surface area contributed by atoms with Crippen LogP contribution in [-0.2, 0) is 14.6 Å². The highest BCUT2D eigenvalue weighted by Gasteiger charge is 2.27. The molecule has 1 atom stereocenters. The van der Waals surface area contributed by atoms with Crippen molar-refractivity contribution < 1.29 is 13.2 Å². The Kier molecular flexibility index (Phi) is 2.67. The van der Waals surface area contributed by atoms with Gasteiger partial charge in [-0.05, 0) is 6.42 Å². The summed E-state index contributed by atoms with van der Waals surface area (Å²) >= 11 is 0. The summed E-state index contributed by atoms with van der Waals surface area (Å²) < 4.78 is 27.0. The lowest BCUT2D eigenvalue weighted by atomic mass is 10.3. The molecule has 0 N–H and O–H groups in total. The summed E-state index contributed by atoms with van der Waals surface area (Å²) in [6.07, 6.45) is 2.17. The molecule has 0 amide bonds. The highest BCUT2D eigenvalue weighted by atomic mass is 32.2. The number of ether oxygens (including phenoxy) is 1. The van der Waals surface area contributed by atoms with Crippen molar-refractivity contribution in [3.8, 4) is 0 Å². The molecule has 1 aliphatic heterocycles. The molecule has 1 rings (SSSR count). The fourth-order valence-electron chi connectivity index (χ4n) is 1.10. The van der Waals surface area contributed by atoms with E-state index >= 15 is 0 Å². The minimum absolute atomic E-state index is 0.0991. The van der Waals surface area contributed by atoms with Crippen LogP contribution in [0, 0.1) is 0 Å². The summed E-state index contributed by atoms with van der Waals surface area (Å²) in [5.41, 5.74) is 0. The molecule has 0 saturated carbocycles. The maximum atomic E-state index is 10.9. The number of rotatable bonds is 3. The SMILES string of the molecule is C=CCOC1CCS(=O)(=O)C1. The highest BCUT2D eigenvalue weighted by molar-refractivity contribution is 7.91. The molecule has 0 spiro atoms. The van der Waals surface area contributed by atoms with Crippen LogP contribution in [-0.4, -0.2) is 32.6 Å². The van der Waals surface area contributed by atoms with E-state index in [9.17, 15) is 8.42 Å². The molecule has 0 aromatic carbocycles. The topological polar surface area (TPSA) is 43.4 Å². The Hall–Kier alpha value is -0.350. The van der Waals surface area contributed by atoms with E-state index in [1.807, 2.05) is 0 Å². The van der Waals surface area contributed by atoms with Gasteiger partial charge in [-0.3, -0.25) is 0 Å². The first-order valence-corrected chi connectivity index (χ1v) is 5.39. The molecule has 1 fully saturated rings. The summed E-state index contributed by atoms with van der Waals surface area (Å²) in [4.78, 5) is 0. The Balaban J connectivity index is 2.36. The minimum Gasteiger partial charge on any atom is -0.373 e. The number of hydrogen-bond donors (Lipinski definition) is 0. The molecule has 0 aromatic heterocycles. The normalized spacial score (nSPS) is 28.5. The predicted octanol–water partition coefficient (Wildman–Crippen LogP) is 0.376. The average Bonchev–Trinajstić information content (AvgIpc) is 2.26. The zero-order chi connectivity index (χ0) is 8.32. The Morgan fingerprint density at radius 1 is 1.64 bits per heavy atom. The molecule has 1 aliphatic rings. The van der Waals surface area contributed by atoms with Gasteiger partial charge in [0.25, 0.3) is 0 Å². The van der Waals surface area contributed by atoms with Gasteiger partial charge in [0.1, 0.15) is 0 Å². The third-order valence-corrected chi connectivity index (χ3v) is 3.38. The zero-order valence-corrected chi connectivity index (χ0v) is 7.14. The van der Waals surface area contributed by atoms with Crippen molar-refractivity contribution in [2.24, 2.45) is 0 Å². The maximum Gasteiger partial charge on any atom is 0.152 e. The third kappa shape index (κ3) is 2.63. The van der Waals surface area contributed by atoms with Crippen LogP contribution in [0.2, 0.25) is 0 Å². The smallest absolute Gasteiger partial charge is 0.152 e. The van der Waals surface area contributed by atoms with Gasteiger partial charge in [-0.1, -0.05) is 6.08 Å². The molecular formula is C7H12O3S. The lowest BCUT2D eigenvalue weighted by Crippen LogP contribution is -2.14. The summed E-state index contributed by atoms with van der Waals surface area (Å²) in [6, 6.07) is 0. The van der Waals surface area contributed by atoms with Crippen LogP contribution in [0.25, 0.3) is 0 Å².